The summed E-state index contributed by atoms with van der Waals surface area (Å²) in [5, 5.41) is 9.53. The first kappa shape index (κ1) is 29.3. The van der Waals surface area contributed by atoms with Gasteiger partial charge in [0.25, 0.3) is 5.91 Å². The lowest BCUT2D eigenvalue weighted by molar-refractivity contribution is -0.135. The molecule has 1 aromatic heterocycles. The lowest BCUT2D eigenvalue weighted by Gasteiger charge is -2.39. The molecule has 0 bridgehead atoms. The molecule has 13 heteroatoms. The van der Waals surface area contributed by atoms with Gasteiger partial charge >= 0.3 is 6.09 Å². The number of hydrogen-bond acceptors (Lipinski definition) is 8. The third-order valence-corrected chi connectivity index (χ3v) is 7.80. The summed E-state index contributed by atoms with van der Waals surface area (Å²) in [7, 11) is -2.71. The molecule has 1 unspecified atom stereocenters. The number of halogens is 1. The quantitative estimate of drug-likeness (QED) is 0.364. The maximum Gasteiger partial charge on any atom is 0.409 e. The first-order valence-corrected chi connectivity index (χ1v) is 12.7. The molecule has 1 saturated heterocycles. The lowest BCUT2D eigenvalue weighted by Crippen LogP contribution is -2.54. The van der Waals surface area contributed by atoms with E-state index in [1.165, 1.54) is 48.7 Å². The molecule has 2 amide bonds. The number of carbonyl (C=O) groups excluding carboxylic acids is 2. The van der Waals surface area contributed by atoms with E-state index in [0.717, 1.165) is 4.31 Å². The molecule has 1 fully saturated rings. The zero-order valence-electron chi connectivity index (χ0n) is 20.1. The van der Waals surface area contributed by atoms with Crippen LogP contribution in [0.2, 0.25) is 0 Å². The molecule has 3 rings (SSSR count). The topological polar surface area (TPSA) is 138 Å². The summed E-state index contributed by atoms with van der Waals surface area (Å²) in [4.78, 5) is 30.5. The highest BCUT2D eigenvalue weighted by Gasteiger charge is 2.42. The predicted octanol–water partition coefficient (Wildman–Crippen LogP) is 2.45. The SMILES string of the molecule is CCOC(=O)N1CCC(C(C(=O)NO)N(Cc2ccncc2)S(=O)(=O)c2ccc(OC)cc2)CC1.Cl. The molecule has 1 atom stereocenters. The highest BCUT2D eigenvalue weighted by atomic mass is 35.5. The molecule has 0 saturated carbocycles. The smallest absolute Gasteiger partial charge is 0.409 e. The van der Waals surface area contributed by atoms with Gasteiger partial charge in [0.1, 0.15) is 11.8 Å². The van der Waals surface area contributed by atoms with Crippen molar-refractivity contribution in [2.24, 2.45) is 5.92 Å². The first-order chi connectivity index (χ1) is 16.8. The molecular formula is C23H31ClN4O7S. The average molecular weight is 543 g/mol. The second-order valence-electron chi connectivity index (χ2n) is 8.03. The highest BCUT2D eigenvalue weighted by Crippen LogP contribution is 2.31. The van der Waals surface area contributed by atoms with Crippen molar-refractivity contribution in [3.8, 4) is 5.75 Å². The minimum Gasteiger partial charge on any atom is -0.497 e. The number of rotatable bonds is 9. The molecule has 0 spiro atoms. The van der Waals surface area contributed by atoms with Gasteiger partial charge in [-0.05, 0) is 67.6 Å². The Morgan fingerprint density at radius 1 is 1.17 bits per heavy atom. The van der Waals surface area contributed by atoms with Crippen LogP contribution in [-0.2, 0) is 26.1 Å². The van der Waals surface area contributed by atoms with E-state index in [0.29, 0.717) is 37.2 Å². The van der Waals surface area contributed by atoms with E-state index in [-0.39, 0.29) is 30.5 Å². The standard InChI is InChI=1S/C23H30N4O7S.ClH/c1-3-34-23(29)26-14-10-18(11-15-26)21(22(28)25-30)27(16-17-8-12-24-13-9-17)35(31,32)20-6-4-19(33-2)5-7-20;/h4-9,12-13,18,21,30H,3,10-11,14-16H2,1-2H3,(H,25,28);1H. The summed E-state index contributed by atoms with van der Waals surface area (Å²) in [6.07, 6.45) is 3.32. The van der Waals surface area contributed by atoms with Gasteiger partial charge in [-0.3, -0.25) is 15.0 Å². The summed E-state index contributed by atoms with van der Waals surface area (Å²) >= 11 is 0. The van der Waals surface area contributed by atoms with Gasteiger partial charge in [0, 0.05) is 32.0 Å². The zero-order chi connectivity index (χ0) is 25.4. The molecule has 2 aromatic rings. The van der Waals surface area contributed by atoms with E-state index in [4.69, 9.17) is 9.47 Å². The van der Waals surface area contributed by atoms with Gasteiger partial charge in [0.05, 0.1) is 18.6 Å². The van der Waals surface area contributed by atoms with Crippen molar-refractivity contribution < 1.29 is 32.7 Å². The maximum atomic E-state index is 13.8. The molecule has 2 heterocycles. The van der Waals surface area contributed by atoms with E-state index >= 15 is 0 Å². The van der Waals surface area contributed by atoms with E-state index in [1.54, 1.807) is 24.5 Å². The molecule has 1 aliphatic rings. The largest absolute Gasteiger partial charge is 0.497 e. The number of sulfonamides is 1. The Hall–Kier alpha value is -2.93. The van der Waals surface area contributed by atoms with Crippen LogP contribution < -0.4 is 10.2 Å². The van der Waals surface area contributed by atoms with Crippen molar-refractivity contribution >= 4 is 34.4 Å². The first-order valence-electron chi connectivity index (χ1n) is 11.2. The van der Waals surface area contributed by atoms with Crippen LogP contribution in [0.1, 0.15) is 25.3 Å². The Morgan fingerprint density at radius 2 is 1.78 bits per heavy atom. The van der Waals surface area contributed by atoms with E-state index in [9.17, 15) is 23.2 Å². The number of nitrogens with one attached hydrogen (secondary N) is 1. The van der Waals surface area contributed by atoms with Gasteiger partial charge in [-0.15, -0.1) is 12.4 Å². The Labute approximate surface area is 216 Å². The summed E-state index contributed by atoms with van der Waals surface area (Å²) < 4.78 is 38.9. The minimum atomic E-state index is -4.19. The van der Waals surface area contributed by atoms with Gasteiger partial charge in [-0.1, -0.05) is 0 Å². The number of benzene rings is 1. The third-order valence-electron chi connectivity index (χ3n) is 5.96. The fourth-order valence-corrected chi connectivity index (χ4v) is 5.78. The number of pyridine rings is 1. The molecule has 36 heavy (non-hydrogen) atoms. The van der Waals surface area contributed by atoms with Crippen LogP contribution in [0.25, 0.3) is 0 Å². The van der Waals surface area contributed by atoms with Gasteiger partial charge in [-0.2, -0.15) is 4.31 Å². The highest BCUT2D eigenvalue weighted by molar-refractivity contribution is 7.89. The monoisotopic (exact) mass is 542 g/mol. The van der Waals surface area contributed by atoms with Crippen LogP contribution in [0.3, 0.4) is 0 Å². The summed E-state index contributed by atoms with van der Waals surface area (Å²) in [5.41, 5.74) is 2.26. The second kappa shape index (κ2) is 13.4. The molecular weight excluding hydrogens is 512 g/mol. The van der Waals surface area contributed by atoms with Gasteiger partial charge < -0.3 is 14.4 Å². The average Bonchev–Trinajstić information content (AvgIpc) is 2.89. The van der Waals surface area contributed by atoms with Gasteiger partial charge in [-0.25, -0.2) is 18.7 Å². The van der Waals surface area contributed by atoms with Crippen LogP contribution in [0.5, 0.6) is 5.75 Å². The number of methoxy groups -OCH3 is 1. The Balaban J connectivity index is 0.00000456. The second-order valence-corrected chi connectivity index (χ2v) is 9.92. The zero-order valence-corrected chi connectivity index (χ0v) is 21.7. The number of ether oxygens (including phenoxy) is 2. The van der Waals surface area contributed by atoms with Crippen LogP contribution in [0, 0.1) is 5.92 Å². The molecule has 1 aliphatic heterocycles. The number of aromatic nitrogens is 1. The van der Waals surface area contributed by atoms with Crippen LogP contribution >= 0.6 is 12.4 Å². The predicted molar refractivity (Wildman–Crippen MR) is 132 cm³/mol. The normalized spacial score (nSPS) is 15.1. The molecule has 0 aliphatic carbocycles. The fourth-order valence-electron chi connectivity index (χ4n) is 4.14. The number of carbonyl (C=O) groups is 2. The fraction of sp³-hybridized carbons (Fsp3) is 0.435. The molecule has 198 valence electrons. The number of hydroxylamine groups is 1. The molecule has 11 nitrogen and oxygen atoms in total. The number of amides is 2. The van der Waals surface area contributed by atoms with Crippen LogP contribution in [0.4, 0.5) is 4.79 Å². The van der Waals surface area contributed by atoms with Gasteiger partial charge in [0.2, 0.25) is 10.0 Å². The van der Waals surface area contributed by atoms with E-state index in [1.807, 2.05) is 0 Å². The third kappa shape index (κ3) is 6.84. The van der Waals surface area contributed by atoms with Crippen molar-refractivity contribution in [3.63, 3.8) is 0 Å². The summed E-state index contributed by atoms with van der Waals surface area (Å²) in [5.74, 6) is -0.811. The molecule has 0 radical (unpaired) electrons. The van der Waals surface area contributed by atoms with Crippen LogP contribution in [0.15, 0.2) is 53.7 Å². The number of likely N-dealkylation sites (tertiary alicyclic amines) is 1. The Bertz CT molecular complexity index is 1100. The maximum absolute atomic E-state index is 13.8. The van der Waals surface area contributed by atoms with Gasteiger partial charge in [0.15, 0.2) is 0 Å². The van der Waals surface area contributed by atoms with E-state index < -0.39 is 34.0 Å². The number of hydrogen-bond donors (Lipinski definition) is 2. The van der Waals surface area contributed by atoms with E-state index in [2.05, 4.69) is 4.98 Å². The summed E-state index contributed by atoms with van der Waals surface area (Å²) in [6.45, 7) is 2.43. The lowest BCUT2D eigenvalue weighted by atomic mass is 9.88. The van der Waals surface area contributed by atoms with Crippen molar-refractivity contribution in [2.75, 3.05) is 26.8 Å². The number of piperidine rings is 1. The minimum absolute atomic E-state index is 0. The van der Waals surface area contributed by atoms with Crippen molar-refractivity contribution in [1.29, 1.82) is 0 Å². The molecule has 2 N–H and O–H groups in total. The van der Waals surface area contributed by atoms with Crippen molar-refractivity contribution in [3.05, 3.63) is 54.4 Å². The number of nitrogens with zero attached hydrogens (tertiary/aromatic N) is 3. The Morgan fingerprint density at radius 3 is 2.31 bits per heavy atom. The molecule has 1 aromatic carbocycles. The van der Waals surface area contributed by atoms with Crippen LogP contribution in [-0.4, -0.2) is 72.7 Å². The van der Waals surface area contributed by atoms with Crippen molar-refractivity contribution in [1.82, 2.24) is 19.7 Å². The Kier molecular flexibility index (Phi) is 10.9. The van der Waals surface area contributed by atoms with Crippen molar-refractivity contribution in [2.45, 2.75) is 37.2 Å². The summed E-state index contributed by atoms with van der Waals surface area (Å²) in [6, 6.07) is 7.97.